The zero-order chi connectivity index (χ0) is 23.2. The minimum Gasteiger partial charge on any atom is -0.454 e. The molecule has 0 fully saturated rings. The highest BCUT2D eigenvalue weighted by atomic mass is 16.7. The van der Waals surface area contributed by atoms with Gasteiger partial charge in [0, 0.05) is 31.0 Å². The van der Waals surface area contributed by atoms with Crippen molar-refractivity contribution in [1.82, 2.24) is 14.5 Å². The van der Waals surface area contributed by atoms with Crippen molar-refractivity contribution in [2.24, 2.45) is 0 Å². The van der Waals surface area contributed by atoms with E-state index in [0.29, 0.717) is 6.79 Å². The van der Waals surface area contributed by atoms with E-state index in [1.54, 1.807) is 0 Å². The van der Waals surface area contributed by atoms with Gasteiger partial charge >= 0.3 is 0 Å². The van der Waals surface area contributed by atoms with E-state index in [1.807, 2.05) is 12.4 Å². The van der Waals surface area contributed by atoms with Crippen LogP contribution in [0.5, 0.6) is 11.5 Å². The Morgan fingerprint density at radius 1 is 0.824 bits per heavy atom. The molecule has 3 aromatic carbocycles. The van der Waals surface area contributed by atoms with E-state index in [0.717, 1.165) is 61.8 Å². The second kappa shape index (κ2) is 10.6. The molecular formula is C29H31N3O2. The summed E-state index contributed by atoms with van der Waals surface area (Å²) >= 11 is 0. The predicted molar refractivity (Wildman–Crippen MR) is 134 cm³/mol. The third kappa shape index (κ3) is 5.15. The maximum Gasteiger partial charge on any atom is 0.231 e. The van der Waals surface area contributed by atoms with Gasteiger partial charge in [-0.2, -0.15) is 0 Å². The largest absolute Gasteiger partial charge is 0.454 e. The van der Waals surface area contributed by atoms with Crippen molar-refractivity contribution in [2.75, 3.05) is 6.79 Å². The average molecular weight is 454 g/mol. The summed E-state index contributed by atoms with van der Waals surface area (Å²) in [4.78, 5) is 7.36. The molecule has 0 unspecified atom stereocenters. The van der Waals surface area contributed by atoms with Crippen LogP contribution in [-0.2, 0) is 26.1 Å². The minimum absolute atomic E-state index is 0.296. The van der Waals surface area contributed by atoms with Crippen LogP contribution in [0.4, 0.5) is 0 Å². The van der Waals surface area contributed by atoms with Crippen LogP contribution in [0.3, 0.4) is 0 Å². The lowest BCUT2D eigenvalue weighted by Gasteiger charge is -2.23. The molecule has 0 saturated carbocycles. The third-order valence-electron chi connectivity index (χ3n) is 6.22. The summed E-state index contributed by atoms with van der Waals surface area (Å²) < 4.78 is 13.4. The highest BCUT2D eigenvalue weighted by Gasteiger charge is 2.18. The number of para-hydroxylation sites is 1. The Morgan fingerprint density at radius 3 is 2.35 bits per heavy atom. The minimum atomic E-state index is 0.296. The maximum absolute atomic E-state index is 5.62. The normalized spacial score (nSPS) is 12.4. The van der Waals surface area contributed by atoms with Crippen LogP contribution in [0, 0.1) is 0 Å². The van der Waals surface area contributed by atoms with Crippen molar-refractivity contribution < 1.29 is 9.47 Å². The summed E-state index contributed by atoms with van der Waals surface area (Å²) in [6.45, 7) is 4.97. The first kappa shape index (κ1) is 22.2. The number of ether oxygens (including phenoxy) is 2. The fourth-order valence-electron chi connectivity index (χ4n) is 4.48. The Morgan fingerprint density at radius 2 is 1.56 bits per heavy atom. The molecule has 2 heterocycles. The molecule has 0 saturated heterocycles. The molecule has 4 aromatic rings. The zero-order valence-electron chi connectivity index (χ0n) is 19.7. The lowest BCUT2D eigenvalue weighted by Crippen LogP contribution is -2.23. The molecule has 1 aromatic heterocycles. The van der Waals surface area contributed by atoms with Gasteiger partial charge in [0.1, 0.15) is 0 Å². The van der Waals surface area contributed by atoms with Gasteiger partial charge < -0.3 is 14.0 Å². The topological polar surface area (TPSA) is 39.5 Å². The number of unbranched alkanes of at least 4 members (excludes halogenated alkanes) is 1. The number of rotatable bonds is 10. The van der Waals surface area contributed by atoms with E-state index in [4.69, 9.17) is 14.5 Å². The van der Waals surface area contributed by atoms with Crippen LogP contribution >= 0.6 is 0 Å². The molecule has 0 spiro atoms. The molecule has 34 heavy (non-hydrogen) atoms. The molecule has 1 aliphatic heterocycles. The first-order valence-electron chi connectivity index (χ1n) is 12.1. The quantitative estimate of drug-likeness (QED) is 0.289. The second-order valence-electron chi connectivity index (χ2n) is 8.77. The van der Waals surface area contributed by atoms with Gasteiger partial charge in [0.25, 0.3) is 0 Å². The first-order valence-corrected chi connectivity index (χ1v) is 12.1. The van der Waals surface area contributed by atoms with E-state index >= 15 is 0 Å². The van der Waals surface area contributed by atoms with Gasteiger partial charge in [-0.25, -0.2) is 4.98 Å². The summed E-state index contributed by atoms with van der Waals surface area (Å²) in [6.07, 6.45) is 5.30. The van der Waals surface area contributed by atoms with Crippen LogP contribution < -0.4 is 9.47 Å². The van der Waals surface area contributed by atoms with Crippen molar-refractivity contribution >= 4 is 0 Å². The van der Waals surface area contributed by atoms with E-state index in [-0.39, 0.29) is 0 Å². The third-order valence-corrected chi connectivity index (χ3v) is 6.22. The van der Waals surface area contributed by atoms with Crippen LogP contribution in [0.2, 0.25) is 0 Å². The Bertz CT molecular complexity index is 1200. The van der Waals surface area contributed by atoms with Crippen LogP contribution in [0.25, 0.3) is 5.69 Å². The van der Waals surface area contributed by atoms with Gasteiger partial charge in [0.15, 0.2) is 11.5 Å². The average Bonchev–Trinajstić information content (AvgIpc) is 3.50. The molecule has 0 bridgehead atoms. The Labute approximate surface area is 201 Å². The van der Waals surface area contributed by atoms with Crippen molar-refractivity contribution in [3.05, 3.63) is 108 Å². The fraction of sp³-hybridized carbons (Fsp3) is 0.276. The van der Waals surface area contributed by atoms with E-state index in [1.165, 1.54) is 16.8 Å². The van der Waals surface area contributed by atoms with E-state index < -0.39 is 0 Å². The molecule has 0 N–H and O–H groups in total. The zero-order valence-corrected chi connectivity index (χ0v) is 19.7. The van der Waals surface area contributed by atoms with Crippen LogP contribution in [-0.4, -0.2) is 21.2 Å². The molecule has 0 radical (unpaired) electrons. The summed E-state index contributed by atoms with van der Waals surface area (Å²) in [5, 5.41) is 0. The van der Waals surface area contributed by atoms with Crippen molar-refractivity contribution in [3.63, 3.8) is 0 Å². The van der Waals surface area contributed by atoms with Crippen molar-refractivity contribution in [3.8, 4) is 17.2 Å². The molecule has 0 aliphatic carbocycles. The number of fused-ring (bicyclic) bond motifs is 1. The summed E-state index contributed by atoms with van der Waals surface area (Å²) in [7, 11) is 0. The van der Waals surface area contributed by atoms with Gasteiger partial charge in [-0.05, 0) is 48.2 Å². The van der Waals surface area contributed by atoms with Crippen LogP contribution in [0.15, 0.2) is 85.2 Å². The Kier molecular flexibility index (Phi) is 6.91. The number of hydrogen-bond acceptors (Lipinski definition) is 4. The van der Waals surface area contributed by atoms with Gasteiger partial charge in [-0.3, -0.25) is 4.90 Å². The molecule has 5 heteroatoms. The lowest BCUT2D eigenvalue weighted by molar-refractivity contribution is 0.174. The van der Waals surface area contributed by atoms with Gasteiger partial charge in [0.2, 0.25) is 6.79 Å². The molecule has 5 nitrogen and oxygen atoms in total. The molecule has 1 aliphatic rings. The number of hydrogen-bond donors (Lipinski definition) is 0. The summed E-state index contributed by atoms with van der Waals surface area (Å²) in [5.41, 5.74) is 6.11. The molecule has 0 atom stereocenters. The van der Waals surface area contributed by atoms with Gasteiger partial charge in [-0.15, -0.1) is 0 Å². The summed E-state index contributed by atoms with van der Waals surface area (Å²) in [5.74, 6) is 1.65. The highest BCUT2D eigenvalue weighted by Crippen LogP contribution is 2.33. The fourth-order valence-corrected chi connectivity index (χ4v) is 4.48. The first-order chi connectivity index (χ1) is 16.8. The Balaban J connectivity index is 1.44. The SMILES string of the molecule is CCCCc1c(CN(Cc2ccccc2)Cc2ccc3c(c2)OCO3)ncn1-c1ccccc1. The predicted octanol–water partition coefficient (Wildman–Crippen LogP) is 6.15. The molecule has 0 amide bonds. The smallest absolute Gasteiger partial charge is 0.231 e. The lowest BCUT2D eigenvalue weighted by atomic mass is 10.1. The second-order valence-corrected chi connectivity index (χ2v) is 8.77. The highest BCUT2D eigenvalue weighted by molar-refractivity contribution is 5.44. The number of nitrogens with zero attached hydrogens (tertiary/aromatic N) is 3. The van der Waals surface area contributed by atoms with Gasteiger partial charge in [0.05, 0.1) is 12.0 Å². The Hall–Kier alpha value is -3.57. The number of aromatic nitrogens is 2. The number of benzene rings is 3. The van der Waals surface area contributed by atoms with E-state index in [9.17, 15) is 0 Å². The maximum atomic E-state index is 5.62. The van der Waals surface area contributed by atoms with E-state index in [2.05, 4.69) is 89.2 Å². The van der Waals surface area contributed by atoms with Gasteiger partial charge in [-0.1, -0.05) is 67.9 Å². The van der Waals surface area contributed by atoms with Crippen LogP contribution in [0.1, 0.15) is 42.3 Å². The molecule has 174 valence electrons. The standard InChI is InChI=1S/C29H31N3O2/c1-2-3-14-27-26(30-21-32(27)25-12-8-5-9-13-25)20-31(18-23-10-6-4-7-11-23)19-24-15-16-28-29(17-24)34-22-33-28/h4-13,15-17,21H,2-3,14,18-20,22H2,1H3. The summed E-state index contributed by atoms with van der Waals surface area (Å²) in [6, 6.07) is 27.4. The van der Waals surface area contributed by atoms with Crippen molar-refractivity contribution in [1.29, 1.82) is 0 Å². The molecule has 5 rings (SSSR count). The monoisotopic (exact) mass is 453 g/mol. The number of imidazole rings is 1. The molecular weight excluding hydrogens is 422 g/mol. The van der Waals surface area contributed by atoms with Crippen molar-refractivity contribution in [2.45, 2.75) is 45.8 Å².